The second kappa shape index (κ2) is 4.09. The van der Waals surface area contributed by atoms with E-state index in [4.69, 9.17) is 0 Å². The number of rotatable bonds is 3. The third kappa shape index (κ3) is 7.17. The first kappa shape index (κ1) is 8.17. The van der Waals surface area contributed by atoms with E-state index in [1.807, 2.05) is 6.92 Å². The van der Waals surface area contributed by atoms with Crippen molar-refractivity contribution in [2.75, 3.05) is 6.54 Å². The lowest BCUT2D eigenvalue weighted by Crippen LogP contribution is -2.36. The van der Waals surface area contributed by atoms with Gasteiger partial charge in [0.25, 0.3) is 0 Å². The van der Waals surface area contributed by atoms with E-state index in [0.717, 1.165) is 5.57 Å². The molecule has 1 amide bonds. The topological polar surface area (TPSA) is 41.1 Å². The fourth-order valence-corrected chi connectivity index (χ4v) is 0.320. The fraction of sp³-hybridized carbons (Fsp3) is 0.500. The normalized spacial score (nSPS) is 8.67. The van der Waals surface area contributed by atoms with Crippen LogP contribution < -0.4 is 10.9 Å². The molecule has 3 nitrogen and oxygen atoms in total. The number of hydrogen-bond donors (Lipinski definition) is 2. The van der Waals surface area contributed by atoms with Crippen LogP contribution in [0.25, 0.3) is 0 Å². The van der Waals surface area contributed by atoms with Crippen molar-refractivity contribution in [3.05, 3.63) is 12.2 Å². The highest BCUT2D eigenvalue weighted by molar-refractivity contribution is 5.72. The summed E-state index contributed by atoms with van der Waals surface area (Å²) in [5, 5.41) is 0. The number of amides is 1. The molecular formula is C6H12N2O. The predicted molar refractivity (Wildman–Crippen MR) is 36.6 cm³/mol. The lowest BCUT2D eigenvalue weighted by Gasteiger charge is -2.02. The third-order valence-corrected chi connectivity index (χ3v) is 0.655. The van der Waals surface area contributed by atoms with Gasteiger partial charge < -0.3 is 0 Å². The second-order valence-corrected chi connectivity index (χ2v) is 1.99. The Kier molecular flexibility index (Phi) is 3.71. The van der Waals surface area contributed by atoms with Gasteiger partial charge in [-0.2, -0.15) is 0 Å². The Morgan fingerprint density at radius 1 is 1.56 bits per heavy atom. The van der Waals surface area contributed by atoms with Crippen molar-refractivity contribution in [2.24, 2.45) is 0 Å². The SMILES string of the molecule is C=C(C)CNNC(C)=O. The Hall–Kier alpha value is -0.830. The van der Waals surface area contributed by atoms with Crippen molar-refractivity contribution in [1.82, 2.24) is 10.9 Å². The zero-order chi connectivity index (χ0) is 7.28. The first-order valence-corrected chi connectivity index (χ1v) is 2.76. The Balaban J connectivity index is 3.10. The molecule has 0 saturated heterocycles. The minimum absolute atomic E-state index is 0.0868. The van der Waals surface area contributed by atoms with Gasteiger partial charge in [-0.15, -0.1) is 0 Å². The van der Waals surface area contributed by atoms with Gasteiger partial charge in [0.1, 0.15) is 0 Å². The number of nitrogens with one attached hydrogen (secondary N) is 2. The molecule has 2 N–H and O–H groups in total. The van der Waals surface area contributed by atoms with Crippen LogP contribution in [-0.2, 0) is 4.79 Å². The summed E-state index contributed by atoms with van der Waals surface area (Å²) >= 11 is 0. The molecule has 0 aliphatic carbocycles. The smallest absolute Gasteiger partial charge is 0.230 e. The summed E-state index contributed by atoms with van der Waals surface area (Å²) in [5.41, 5.74) is 6.10. The van der Waals surface area contributed by atoms with Crippen LogP contribution in [0.5, 0.6) is 0 Å². The average molecular weight is 128 g/mol. The van der Waals surface area contributed by atoms with Gasteiger partial charge in [0.05, 0.1) is 0 Å². The van der Waals surface area contributed by atoms with Gasteiger partial charge in [0.2, 0.25) is 5.91 Å². The van der Waals surface area contributed by atoms with Crippen molar-refractivity contribution in [1.29, 1.82) is 0 Å². The molecule has 0 aromatic heterocycles. The zero-order valence-electron chi connectivity index (χ0n) is 5.82. The molecule has 0 bridgehead atoms. The minimum atomic E-state index is -0.0868. The van der Waals surface area contributed by atoms with Gasteiger partial charge in [-0.25, -0.2) is 5.43 Å². The molecular weight excluding hydrogens is 116 g/mol. The fourth-order valence-electron chi connectivity index (χ4n) is 0.320. The van der Waals surface area contributed by atoms with Crippen LogP contribution in [0, 0.1) is 0 Å². The molecule has 0 unspecified atom stereocenters. The lowest BCUT2D eigenvalue weighted by molar-refractivity contribution is -0.119. The lowest BCUT2D eigenvalue weighted by atomic mass is 10.4. The molecule has 9 heavy (non-hydrogen) atoms. The zero-order valence-corrected chi connectivity index (χ0v) is 5.82. The number of hydrazine groups is 1. The van der Waals surface area contributed by atoms with E-state index in [-0.39, 0.29) is 5.91 Å². The summed E-state index contributed by atoms with van der Waals surface area (Å²) in [6, 6.07) is 0. The molecule has 0 radical (unpaired) electrons. The third-order valence-electron chi connectivity index (χ3n) is 0.655. The van der Waals surface area contributed by atoms with E-state index in [9.17, 15) is 4.79 Å². The number of carbonyl (C=O) groups excluding carboxylic acids is 1. The molecule has 0 fully saturated rings. The summed E-state index contributed by atoms with van der Waals surface area (Å²) in [4.78, 5) is 10.2. The first-order valence-electron chi connectivity index (χ1n) is 2.76. The summed E-state index contributed by atoms with van der Waals surface area (Å²) < 4.78 is 0. The van der Waals surface area contributed by atoms with Gasteiger partial charge in [0, 0.05) is 13.5 Å². The molecule has 0 saturated carbocycles. The van der Waals surface area contributed by atoms with E-state index >= 15 is 0 Å². The van der Waals surface area contributed by atoms with Gasteiger partial charge in [-0.1, -0.05) is 12.2 Å². The molecule has 0 heterocycles. The molecule has 0 aliphatic heterocycles. The molecule has 3 heteroatoms. The van der Waals surface area contributed by atoms with Crippen LogP contribution in [0.15, 0.2) is 12.2 Å². The molecule has 0 rings (SSSR count). The quantitative estimate of drug-likeness (QED) is 0.421. The van der Waals surface area contributed by atoms with E-state index in [0.29, 0.717) is 6.54 Å². The van der Waals surface area contributed by atoms with Gasteiger partial charge >= 0.3 is 0 Å². The summed E-state index contributed by atoms with van der Waals surface area (Å²) in [6.07, 6.45) is 0. The van der Waals surface area contributed by atoms with Crippen LogP contribution in [0.2, 0.25) is 0 Å². The maximum absolute atomic E-state index is 10.2. The molecule has 0 aliphatic rings. The monoisotopic (exact) mass is 128 g/mol. The van der Waals surface area contributed by atoms with Crippen LogP contribution >= 0.6 is 0 Å². The minimum Gasteiger partial charge on any atom is -0.292 e. The van der Waals surface area contributed by atoms with Gasteiger partial charge in [-0.05, 0) is 6.92 Å². The van der Waals surface area contributed by atoms with Crippen LogP contribution in [0.4, 0.5) is 0 Å². The highest BCUT2D eigenvalue weighted by Crippen LogP contribution is 1.78. The molecule has 0 aromatic carbocycles. The van der Waals surface area contributed by atoms with Crippen molar-refractivity contribution in [2.45, 2.75) is 13.8 Å². The highest BCUT2D eigenvalue weighted by atomic mass is 16.2. The Morgan fingerprint density at radius 3 is 2.44 bits per heavy atom. The summed E-state index contributed by atoms with van der Waals surface area (Å²) in [6.45, 7) is 7.60. The van der Waals surface area contributed by atoms with Crippen LogP contribution in [0.1, 0.15) is 13.8 Å². The van der Waals surface area contributed by atoms with Crippen molar-refractivity contribution >= 4 is 5.91 Å². The summed E-state index contributed by atoms with van der Waals surface area (Å²) in [5.74, 6) is -0.0868. The van der Waals surface area contributed by atoms with Crippen molar-refractivity contribution in [3.63, 3.8) is 0 Å². The van der Waals surface area contributed by atoms with Gasteiger partial charge in [-0.3, -0.25) is 10.2 Å². The van der Waals surface area contributed by atoms with Gasteiger partial charge in [0.15, 0.2) is 0 Å². The maximum Gasteiger partial charge on any atom is 0.230 e. The van der Waals surface area contributed by atoms with Crippen LogP contribution in [0.3, 0.4) is 0 Å². The maximum atomic E-state index is 10.2. The highest BCUT2D eigenvalue weighted by Gasteiger charge is 1.86. The Labute approximate surface area is 55.1 Å². The van der Waals surface area contributed by atoms with E-state index in [2.05, 4.69) is 17.4 Å². The Bertz CT molecular complexity index is 106. The molecule has 0 spiro atoms. The summed E-state index contributed by atoms with van der Waals surface area (Å²) in [7, 11) is 0. The van der Waals surface area contributed by atoms with Crippen molar-refractivity contribution < 1.29 is 4.79 Å². The van der Waals surface area contributed by atoms with E-state index < -0.39 is 0 Å². The van der Waals surface area contributed by atoms with Crippen LogP contribution in [-0.4, -0.2) is 12.5 Å². The van der Waals surface area contributed by atoms with Crippen molar-refractivity contribution in [3.8, 4) is 0 Å². The first-order chi connectivity index (χ1) is 4.13. The number of hydrogen-bond acceptors (Lipinski definition) is 2. The molecule has 0 atom stereocenters. The average Bonchev–Trinajstić information content (AvgIpc) is 1.63. The van der Waals surface area contributed by atoms with E-state index in [1.54, 1.807) is 0 Å². The standard InChI is InChI=1S/C6H12N2O/c1-5(2)4-7-8-6(3)9/h7H,1,4H2,2-3H3,(H,8,9). The molecule has 52 valence electrons. The molecule has 0 aromatic rings. The van der Waals surface area contributed by atoms with E-state index in [1.165, 1.54) is 6.92 Å². The number of carbonyl (C=O) groups is 1. The largest absolute Gasteiger partial charge is 0.292 e. The second-order valence-electron chi connectivity index (χ2n) is 1.99. The Morgan fingerprint density at radius 2 is 2.11 bits per heavy atom. The predicted octanol–water partition coefficient (Wildman–Crippen LogP) is 0.203.